The van der Waals surface area contributed by atoms with Gasteiger partial charge in [-0.25, -0.2) is 0 Å². The van der Waals surface area contributed by atoms with E-state index in [4.69, 9.17) is 0 Å². The Kier molecular flexibility index (Phi) is 3.01. The predicted molar refractivity (Wildman–Crippen MR) is 75.1 cm³/mol. The number of rotatable bonds is 2. The quantitative estimate of drug-likeness (QED) is 0.667. The smallest absolute Gasteiger partial charge is 0.223 e. The Morgan fingerprint density at radius 2 is 2.00 bits per heavy atom. The van der Waals surface area contributed by atoms with Gasteiger partial charge >= 0.3 is 0 Å². The highest BCUT2D eigenvalue weighted by molar-refractivity contribution is 14.1. The third-order valence-electron chi connectivity index (χ3n) is 2.35. The fraction of sp³-hybridized carbons (Fsp3) is 0. The molecule has 0 atom stereocenters. The second-order valence-electron chi connectivity index (χ2n) is 3.60. The Labute approximate surface area is 117 Å². The van der Waals surface area contributed by atoms with Gasteiger partial charge in [0.2, 0.25) is 5.82 Å². The molecular weight excluding hydrogens is 341 g/mol. The normalized spacial score (nSPS) is 10.5. The van der Waals surface area contributed by atoms with Crippen LogP contribution < -0.4 is 0 Å². The highest BCUT2D eigenvalue weighted by Gasteiger charge is 2.07. The van der Waals surface area contributed by atoms with Crippen LogP contribution in [0, 0.1) is 3.57 Å². The van der Waals surface area contributed by atoms with Gasteiger partial charge in [0.05, 0.1) is 5.69 Å². The minimum Gasteiger partial charge on any atom is -0.253 e. The Morgan fingerprint density at radius 3 is 2.78 bits per heavy atom. The number of hydrogen-bond acceptors (Lipinski definition) is 4. The molecule has 18 heavy (non-hydrogen) atoms. The van der Waals surface area contributed by atoms with Crippen molar-refractivity contribution in [2.45, 2.75) is 0 Å². The van der Waals surface area contributed by atoms with E-state index in [9.17, 15) is 0 Å². The van der Waals surface area contributed by atoms with E-state index in [1.807, 2.05) is 42.5 Å². The maximum Gasteiger partial charge on any atom is 0.223 e. The first-order chi connectivity index (χ1) is 8.83. The minimum absolute atomic E-state index is 0.523. The Balaban J connectivity index is 2.00. The molecule has 0 aliphatic carbocycles. The van der Waals surface area contributed by atoms with E-state index in [-0.39, 0.29) is 0 Å². The zero-order valence-electron chi connectivity index (χ0n) is 9.23. The van der Waals surface area contributed by atoms with Gasteiger partial charge in [0.1, 0.15) is 5.69 Å². The zero-order valence-corrected chi connectivity index (χ0v) is 11.4. The van der Waals surface area contributed by atoms with Crippen LogP contribution in [0.2, 0.25) is 0 Å². The molecule has 3 rings (SSSR count). The number of pyridine rings is 1. The van der Waals surface area contributed by atoms with Gasteiger partial charge in [-0.15, -0.1) is 15.0 Å². The molecule has 3 aromatic rings. The lowest BCUT2D eigenvalue weighted by molar-refractivity contribution is 0.719. The number of halogens is 1. The van der Waals surface area contributed by atoms with Crippen molar-refractivity contribution >= 4 is 22.6 Å². The SMILES string of the molecule is Ic1cccc(-n2nnc(-c3ccccn3)n2)c1. The van der Waals surface area contributed by atoms with Crippen LogP contribution >= 0.6 is 22.6 Å². The van der Waals surface area contributed by atoms with Gasteiger partial charge in [-0.3, -0.25) is 4.98 Å². The molecule has 0 fully saturated rings. The Hall–Kier alpha value is -1.83. The average molecular weight is 349 g/mol. The maximum absolute atomic E-state index is 4.32. The highest BCUT2D eigenvalue weighted by atomic mass is 127. The molecule has 0 saturated carbocycles. The summed E-state index contributed by atoms with van der Waals surface area (Å²) >= 11 is 2.25. The summed E-state index contributed by atoms with van der Waals surface area (Å²) in [5.74, 6) is 0.523. The molecule has 5 nitrogen and oxygen atoms in total. The first kappa shape index (κ1) is 11.3. The summed E-state index contributed by atoms with van der Waals surface area (Å²) in [6.07, 6.45) is 1.71. The molecule has 0 N–H and O–H groups in total. The van der Waals surface area contributed by atoms with Gasteiger partial charge in [0.15, 0.2) is 0 Å². The summed E-state index contributed by atoms with van der Waals surface area (Å²) in [5, 5.41) is 12.4. The molecule has 2 aromatic heterocycles. The highest BCUT2D eigenvalue weighted by Crippen LogP contribution is 2.13. The second-order valence-corrected chi connectivity index (χ2v) is 4.84. The van der Waals surface area contributed by atoms with Gasteiger partial charge in [-0.05, 0) is 58.1 Å². The van der Waals surface area contributed by atoms with Crippen molar-refractivity contribution in [1.29, 1.82) is 0 Å². The van der Waals surface area contributed by atoms with E-state index in [1.54, 1.807) is 6.20 Å². The van der Waals surface area contributed by atoms with Gasteiger partial charge in [0.25, 0.3) is 0 Å². The standard InChI is InChI=1S/C12H8IN5/c13-9-4-3-5-10(8-9)18-16-12(15-17-18)11-6-1-2-7-14-11/h1-8H. The minimum atomic E-state index is 0.523. The molecule has 0 aliphatic rings. The number of hydrogen-bond donors (Lipinski definition) is 0. The zero-order chi connectivity index (χ0) is 12.4. The number of tetrazole rings is 1. The van der Waals surface area contributed by atoms with Crippen LogP contribution in [0.5, 0.6) is 0 Å². The van der Waals surface area contributed by atoms with Gasteiger partial charge in [-0.2, -0.15) is 0 Å². The summed E-state index contributed by atoms with van der Waals surface area (Å²) in [4.78, 5) is 5.70. The van der Waals surface area contributed by atoms with Crippen LogP contribution in [0.15, 0.2) is 48.7 Å². The summed E-state index contributed by atoms with van der Waals surface area (Å²) in [6.45, 7) is 0. The predicted octanol–water partition coefficient (Wildman–Crippen LogP) is 2.33. The van der Waals surface area contributed by atoms with Crippen LogP contribution in [0.4, 0.5) is 0 Å². The van der Waals surface area contributed by atoms with Crippen LogP contribution in [0.1, 0.15) is 0 Å². The monoisotopic (exact) mass is 349 g/mol. The van der Waals surface area contributed by atoms with E-state index in [2.05, 4.69) is 43.0 Å². The summed E-state index contributed by atoms with van der Waals surface area (Å²) < 4.78 is 1.13. The number of nitrogens with zero attached hydrogens (tertiary/aromatic N) is 5. The average Bonchev–Trinajstić information content (AvgIpc) is 2.89. The molecule has 0 saturated heterocycles. The lowest BCUT2D eigenvalue weighted by Crippen LogP contribution is -1.99. The van der Waals surface area contributed by atoms with Gasteiger partial charge < -0.3 is 0 Å². The van der Waals surface area contributed by atoms with Crippen molar-refractivity contribution in [3.63, 3.8) is 0 Å². The molecule has 0 bridgehead atoms. The molecule has 0 spiro atoms. The van der Waals surface area contributed by atoms with E-state index in [0.29, 0.717) is 5.82 Å². The van der Waals surface area contributed by atoms with Crippen molar-refractivity contribution in [2.75, 3.05) is 0 Å². The first-order valence-electron chi connectivity index (χ1n) is 5.30. The van der Waals surface area contributed by atoms with E-state index < -0.39 is 0 Å². The molecule has 2 heterocycles. The van der Waals surface area contributed by atoms with Crippen LogP contribution in [0.25, 0.3) is 17.2 Å². The van der Waals surface area contributed by atoms with Crippen molar-refractivity contribution in [2.24, 2.45) is 0 Å². The second kappa shape index (κ2) is 4.81. The van der Waals surface area contributed by atoms with Crippen LogP contribution in [-0.2, 0) is 0 Å². The summed E-state index contributed by atoms with van der Waals surface area (Å²) in [7, 11) is 0. The van der Waals surface area contributed by atoms with Crippen molar-refractivity contribution in [1.82, 2.24) is 25.2 Å². The Morgan fingerprint density at radius 1 is 1.06 bits per heavy atom. The van der Waals surface area contributed by atoms with E-state index in [1.165, 1.54) is 4.80 Å². The third-order valence-corrected chi connectivity index (χ3v) is 3.02. The molecule has 0 radical (unpaired) electrons. The summed E-state index contributed by atoms with van der Waals surface area (Å²) in [5.41, 5.74) is 1.60. The van der Waals surface area contributed by atoms with Crippen molar-refractivity contribution in [3.05, 3.63) is 52.2 Å². The molecule has 1 aromatic carbocycles. The fourth-order valence-corrected chi connectivity index (χ4v) is 2.05. The number of aromatic nitrogens is 5. The molecule has 0 aliphatic heterocycles. The van der Waals surface area contributed by atoms with Crippen molar-refractivity contribution < 1.29 is 0 Å². The first-order valence-corrected chi connectivity index (χ1v) is 6.38. The van der Waals surface area contributed by atoms with Gasteiger partial charge in [0, 0.05) is 9.77 Å². The maximum atomic E-state index is 4.32. The van der Waals surface area contributed by atoms with Gasteiger partial charge in [-0.1, -0.05) is 12.1 Å². The largest absolute Gasteiger partial charge is 0.253 e. The molecule has 6 heteroatoms. The topological polar surface area (TPSA) is 56.5 Å². The van der Waals surface area contributed by atoms with Crippen LogP contribution in [0.3, 0.4) is 0 Å². The summed E-state index contributed by atoms with van der Waals surface area (Å²) in [6, 6.07) is 13.5. The van der Waals surface area contributed by atoms with E-state index in [0.717, 1.165) is 15.0 Å². The molecule has 0 unspecified atom stereocenters. The number of benzene rings is 1. The van der Waals surface area contributed by atoms with Crippen LogP contribution in [-0.4, -0.2) is 25.2 Å². The van der Waals surface area contributed by atoms with E-state index >= 15 is 0 Å². The fourth-order valence-electron chi connectivity index (χ4n) is 1.52. The lowest BCUT2D eigenvalue weighted by Gasteiger charge is -1.97. The Bertz CT molecular complexity index is 665. The molecule has 0 amide bonds. The molecule has 88 valence electrons. The lowest BCUT2D eigenvalue weighted by atomic mass is 10.3. The molecular formula is C12H8IN5. The van der Waals surface area contributed by atoms with Crippen molar-refractivity contribution in [3.8, 4) is 17.2 Å². The third kappa shape index (κ3) is 2.23.